The van der Waals surface area contributed by atoms with E-state index in [0.29, 0.717) is 24.0 Å². The number of nitrogens with one attached hydrogen (secondary N) is 2. The van der Waals surface area contributed by atoms with E-state index in [4.69, 9.17) is 10.2 Å². The van der Waals surface area contributed by atoms with Crippen molar-refractivity contribution in [3.8, 4) is 11.1 Å². The molecule has 0 spiro atoms. The molecule has 1 aliphatic carbocycles. The molecule has 0 heterocycles. The number of amides is 2. The van der Waals surface area contributed by atoms with E-state index >= 15 is 0 Å². The molecule has 2 amide bonds. The van der Waals surface area contributed by atoms with Crippen LogP contribution in [0.3, 0.4) is 0 Å². The number of carboxylic acid groups (broad SMARTS) is 1. The third-order valence-corrected chi connectivity index (χ3v) is 7.75. The van der Waals surface area contributed by atoms with Crippen molar-refractivity contribution < 1.29 is 27.9 Å². The van der Waals surface area contributed by atoms with Gasteiger partial charge in [-0.1, -0.05) is 61.0 Å². The van der Waals surface area contributed by atoms with Crippen molar-refractivity contribution in [2.45, 2.75) is 37.2 Å². The molecule has 3 aromatic carbocycles. The molecule has 0 aliphatic heterocycles. The van der Waals surface area contributed by atoms with Crippen LogP contribution in [-0.2, 0) is 32.7 Å². The van der Waals surface area contributed by atoms with Crippen LogP contribution in [0, 0.1) is 11.8 Å². The molecule has 2 atom stereocenters. The number of primary sulfonamides is 1. The van der Waals surface area contributed by atoms with E-state index < -0.39 is 27.8 Å². The summed E-state index contributed by atoms with van der Waals surface area (Å²) >= 11 is 0. The van der Waals surface area contributed by atoms with E-state index in [1.807, 2.05) is 12.1 Å². The molecule has 1 unspecified atom stereocenters. The maximum Gasteiger partial charge on any atom is 0.335 e. The average Bonchev–Trinajstić information content (AvgIpc) is 3.41. The van der Waals surface area contributed by atoms with Crippen molar-refractivity contribution in [1.82, 2.24) is 10.6 Å². The number of carbonyl (C=O) groups is 3. The fraction of sp³-hybridized carbons (Fsp3) is 0.250. The van der Waals surface area contributed by atoms with Crippen molar-refractivity contribution in [3.63, 3.8) is 0 Å². The minimum absolute atomic E-state index is 0.0453. The first kappa shape index (κ1) is 27.0. The Morgan fingerprint density at radius 3 is 1.79 bits per heavy atom. The largest absolute Gasteiger partial charge is 0.478 e. The molecule has 38 heavy (non-hydrogen) atoms. The summed E-state index contributed by atoms with van der Waals surface area (Å²) in [6.45, 7) is 0.529. The summed E-state index contributed by atoms with van der Waals surface area (Å²) in [4.78, 5) is 36.8. The van der Waals surface area contributed by atoms with E-state index in [2.05, 4.69) is 10.6 Å². The van der Waals surface area contributed by atoms with Crippen molar-refractivity contribution in [3.05, 3.63) is 89.5 Å². The van der Waals surface area contributed by atoms with Crippen LogP contribution < -0.4 is 15.8 Å². The zero-order valence-electron chi connectivity index (χ0n) is 20.6. The van der Waals surface area contributed by atoms with E-state index in [-0.39, 0.29) is 35.4 Å². The molecule has 10 heteroatoms. The lowest BCUT2D eigenvalue weighted by atomic mass is 9.94. The van der Waals surface area contributed by atoms with E-state index in [1.165, 1.54) is 18.2 Å². The van der Waals surface area contributed by atoms with Gasteiger partial charge < -0.3 is 15.7 Å². The minimum Gasteiger partial charge on any atom is -0.478 e. The van der Waals surface area contributed by atoms with Gasteiger partial charge in [-0.3, -0.25) is 9.59 Å². The molecule has 198 valence electrons. The van der Waals surface area contributed by atoms with Gasteiger partial charge in [-0.05, 0) is 47.7 Å². The lowest BCUT2D eigenvalue weighted by Gasteiger charge is -2.19. The molecule has 0 radical (unpaired) electrons. The number of benzene rings is 3. The van der Waals surface area contributed by atoms with Crippen LogP contribution >= 0.6 is 0 Å². The molecule has 3 aromatic rings. The second-order valence-electron chi connectivity index (χ2n) is 9.32. The van der Waals surface area contributed by atoms with Gasteiger partial charge in [-0.15, -0.1) is 0 Å². The molecule has 1 saturated carbocycles. The van der Waals surface area contributed by atoms with E-state index in [1.54, 1.807) is 42.5 Å². The van der Waals surface area contributed by atoms with Crippen LogP contribution in [0.5, 0.6) is 0 Å². The molecule has 5 N–H and O–H groups in total. The number of carbonyl (C=O) groups excluding carboxylic acids is 2. The molecule has 1 fully saturated rings. The van der Waals surface area contributed by atoms with Crippen molar-refractivity contribution in [2.75, 3.05) is 0 Å². The first-order valence-electron chi connectivity index (χ1n) is 12.2. The van der Waals surface area contributed by atoms with Crippen LogP contribution in [0.1, 0.15) is 40.7 Å². The van der Waals surface area contributed by atoms with Crippen LogP contribution in [0.2, 0.25) is 0 Å². The SMILES string of the molecule is NS(=O)(=O)c1ccccc1-c1ccc(CNC(=O)C2CCC[C@H]2C(=O)NCc2ccc(C(=O)O)cc2)cc1. The second kappa shape index (κ2) is 11.6. The standard InChI is InChI=1S/C28H29N3O6S/c29-38(36,37)25-7-2-1-4-22(25)20-12-8-18(9-13-20)16-30-26(32)23-5-3-6-24(23)27(33)31-17-19-10-14-21(15-11-19)28(34)35/h1-2,4,7-15,23-24H,3,5-6,16-17H2,(H,30,32)(H,31,33)(H,34,35)(H2,29,36,37)/t23?,24-/m1/s1. The average molecular weight is 536 g/mol. The van der Waals surface area contributed by atoms with Crippen LogP contribution in [-0.4, -0.2) is 31.3 Å². The van der Waals surface area contributed by atoms with Crippen molar-refractivity contribution in [1.29, 1.82) is 0 Å². The zero-order chi connectivity index (χ0) is 27.3. The summed E-state index contributed by atoms with van der Waals surface area (Å²) < 4.78 is 23.8. The lowest BCUT2D eigenvalue weighted by molar-refractivity contribution is -0.133. The highest BCUT2D eigenvalue weighted by atomic mass is 32.2. The first-order chi connectivity index (χ1) is 18.1. The smallest absolute Gasteiger partial charge is 0.335 e. The van der Waals surface area contributed by atoms with Gasteiger partial charge in [0.05, 0.1) is 10.5 Å². The molecular weight excluding hydrogens is 506 g/mol. The molecule has 1 aliphatic rings. The number of hydrogen-bond acceptors (Lipinski definition) is 5. The molecular formula is C28H29N3O6S. The highest BCUT2D eigenvalue weighted by Crippen LogP contribution is 2.32. The second-order valence-corrected chi connectivity index (χ2v) is 10.8. The highest BCUT2D eigenvalue weighted by Gasteiger charge is 2.37. The van der Waals surface area contributed by atoms with E-state index in [0.717, 1.165) is 17.5 Å². The summed E-state index contributed by atoms with van der Waals surface area (Å²) in [5.41, 5.74) is 2.98. The van der Waals surface area contributed by atoms with Crippen LogP contribution in [0.4, 0.5) is 0 Å². The monoisotopic (exact) mass is 535 g/mol. The molecule has 4 rings (SSSR count). The first-order valence-corrected chi connectivity index (χ1v) is 13.8. The van der Waals surface area contributed by atoms with Crippen molar-refractivity contribution >= 4 is 27.8 Å². The van der Waals surface area contributed by atoms with Gasteiger partial charge in [0.2, 0.25) is 21.8 Å². The summed E-state index contributed by atoms with van der Waals surface area (Å²) in [7, 11) is -3.87. The zero-order valence-corrected chi connectivity index (χ0v) is 21.4. The predicted octanol–water partition coefficient (Wildman–Crippen LogP) is 3.05. The summed E-state index contributed by atoms with van der Waals surface area (Å²) in [6, 6.07) is 20.0. The number of hydrogen-bond donors (Lipinski definition) is 4. The Morgan fingerprint density at radius 1 is 0.789 bits per heavy atom. The van der Waals surface area contributed by atoms with Crippen LogP contribution in [0.15, 0.2) is 77.7 Å². The molecule has 9 nitrogen and oxygen atoms in total. The summed E-state index contributed by atoms with van der Waals surface area (Å²) in [5, 5.41) is 20.1. The Hall–Kier alpha value is -4.02. The fourth-order valence-corrected chi connectivity index (χ4v) is 5.51. The molecule has 0 aromatic heterocycles. The van der Waals surface area contributed by atoms with Gasteiger partial charge in [0.1, 0.15) is 0 Å². The van der Waals surface area contributed by atoms with Crippen molar-refractivity contribution in [2.24, 2.45) is 17.0 Å². The Kier molecular flexibility index (Phi) is 8.23. The topological polar surface area (TPSA) is 156 Å². The third kappa shape index (κ3) is 6.45. The number of rotatable bonds is 9. The van der Waals surface area contributed by atoms with Gasteiger partial charge in [0, 0.05) is 30.5 Å². The third-order valence-electron chi connectivity index (χ3n) is 6.78. The highest BCUT2D eigenvalue weighted by molar-refractivity contribution is 7.89. The Bertz CT molecular complexity index is 1440. The maximum absolute atomic E-state index is 12.9. The molecule has 0 saturated heterocycles. The fourth-order valence-electron chi connectivity index (χ4n) is 4.75. The number of nitrogens with two attached hydrogens (primary N) is 1. The number of aromatic carboxylic acids is 1. The van der Waals surface area contributed by atoms with E-state index in [9.17, 15) is 22.8 Å². The quantitative estimate of drug-likeness (QED) is 0.330. The van der Waals surface area contributed by atoms with Gasteiger partial charge in [0.15, 0.2) is 0 Å². The lowest BCUT2D eigenvalue weighted by Crippen LogP contribution is -2.39. The normalized spacial score (nSPS) is 17.1. The predicted molar refractivity (Wildman–Crippen MR) is 141 cm³/mol. The summed E-state index contributed by atoms with van der Waals surface area (Å²) in [6.07, 6.45) is 2.03. The molecule has 0 bridgehead atoms. The van der Waals surface area contributed by atoms with Gasteiger partial charge in [0.25, 0.3) is 0 Å². The maximum atomic E-state index is 12.9. The number of carboxylic acids is 1. The Morgan fingerprint density at radius 2 is 1.29 bits per heavy atom. The minimum atomic E-state index is -3.87. The Labute approximate surface area is 221 Å². The summed E-state index contributed by atoms with van der Waals surface area (Å²) in [5.74, 6) is -2.24. The Balaban J connectivity index is 1.33. The number of sulfonamides is 1. The van der Waals surface area contributed by atoms with Gasteiger partial charge >= 0.3 is 5.97 Å². The van der Waals surface area contributed by atoms with Crippen LogP contribution in [0.25, 0.3) is 11.1 Å². The van der Waals surface area contributed by atoms with Gasteiger partial charge in [-0.25, -0.2) is 18.4 Å². The van der Waals surface area contributed by atoms with Gasteiger partial charge in [-0.2, -0.15) is 0 Å².